The monoisotopic (exact) mass is 421 g/mol. The van der Waals surface area contributed by atoms with Crippen molar-refractivity contribution in [2.75, 3.05) is 0 Å². The van der Waals surface area contributed by atoms with Gasteiger partial charge in [0.1, 0.15) is 11.5 Å². The van der Waals surface area contributed by atoms with Crippen molar-refractivity contribution in [2.45, 2.75) is 38.3 Å². The van der Waals surface area contributed by atoms with E-state index in [1.54, 1.807) is 13.0 Å². The first-order valence-corrected chi connectivity index (χ1v) is 9.94. The average molecular weight is 421 g/mol. The molecule has 0 unspecified atom stereocenters. The molecule has 0 amide bonds. The molecule has 0 bridgehead atoms. The Labute approximate surface area is 168 Å². The summed E-state index contributed by atoms with van der Waals surface area (Å²) < 4.78 is 44.4. The Bertz CT molecular complexity index is 1120. The number of benzene rings is 2. The van der Waals surface area contributed by atoms with E-state index in [1.807, 2.05) is 12.1 Å². The molecular weight excluding hydrogens is 403 g/mol. The molecule has 3 aromatic rings. The van der Waals surface area contributed by atoms with E-state index in [9.17, 15) is 23.1 Å². The van der Waals surface area contributed by atoms with Crippen molar-refractivity contribution in [1.82, 2.24) is 4.98 Å². The lowest BCUT2D eigenvalue weighted by atomic mass is 9.82. The van der Waals surface area contributed by atoms with Gasteiger partial charge in [0.25, 0.3) is 0 Å². The molecule has 1 aromatic heterocycles. The van der Waals surface area contributed by atoms with Crippen LogP contribution in [0.4, 0.5) is 13.2 Å². The molecule has 1 aliphatic carbocycles. The van der Waals surface area contributed by atoms with E-state index in [4.69, 9.17) is 4.74 Å². The van der Waals surface area contributed by atoms with Gasteiger partial charge < -0.3 is 9.84 Å². The van der Waals surface area contributed by atoms with Crippen molar-refractivity contribution in [3.63, 3.8) is 0 Å². The minimum Gasteiger partial charge on any atom is -0.494 e. The number of hydrogen-bond donors (Lipinski definition) is 2. The van der Waals surface area contributed by atoms with Crippen LogP contribution in [0.2, 0.25) is 0 Å². The number of ether oxygens (including phenoxy) is 1. The number of aromatic nitrogens is 1. The minimum atomic E-state index is -4.39. The molecule has 0 aliphatic heterocycles. The van der Waals surface area contributed by atoms with Gasteiger partial charge in [0.2, 0.25) is 5.88 Å². The van der Waals surface area contributed by atoms with Gasteiger partial charge in [-0.3, -0.25) is 9.78 Å². The van der Waals surface area contributed by atoms with E-state index in [0.717, 1.165) is 53.9 Å². The first-order chi connectivity index (χ1) is 13.7. The van der Waals surface area contributed by atoms with Crippen molar-refractivity contribution in [3.05, 3.63) is 73.2 Å². The fourth-order valence-electron chi connectivity index (χ4n) is 3.76. The van der Waals surface area contributed by atoms with Crippen LogP contribution in [0, 0.1) is 6.92 Å². The molecule has 152 valence electrons. The quantitative estimate of drug-likeness (QED) is 0.568. The third kappa shape index (κ3) is 3.89. The van der Waals surface area contributed by atoms with Gasteiger partial charge in [0.15, 0.2) is 0 Å². The maximum atomic E-state index is 12.8. The summed E-state index contributed by atoms with van der Waals surface area (Å²) in [4.78, 5) is 14.3. The zero-order valence-electron chi connectivity index (χ0n) is 15.5. The van der Waals surface area contributed by atoms with E-state index in [0.29, 0.717) is 21.9 Å². The van der Waals surface area contributed by atoms with Gasteiger partial charge in [-0.1, -0.05) is 17.4 Å². The summed E-state index contributed by atoms with van der Waals surface area (Å²) in [5.41, 5.74) is 1.76. The van der Waals surface area contributed by atoms with E-state index in [2.05, 4.69) is 4.98 Å². The van der Waals surface area contributed by atoms with E-state index < -0.39 is 11.7 Å². The predicted molar refractivity (Wildman–Crippen MR) is 104 cm³/mol. The van der Waals surface area contributed by atoms with Crippen LogP contribution in [0.1, 0.15) is 45.9 Å². The summed E-state index contributed by atoms with van der Waals surface area (Å²) in [6, 6.07) is 8.95. The normalized spacial score (nSPS) is 16.5. The third-order valence-corrected chi connectivity index (χ3v) is 6.12. The molecule has 4 rings (SSSR count). The number of hydrogen-bond acceptors (Lipinski definition) is 4. The number of H-pyrrole nitrogens is 1. The van der Waals surface area contributed by atoms with Crippen LogP contribution in [-0.2, 0) is 12.6 Å². The fourth-order valence-corrected chi connectivity index (χ4v) is 4.64. The van der Waals surface area contributed by atoms with Crippen LogP contribution in [0.5, 0.6) is 17.4 Å². The number of halogens is 3. The summed E-state index contributed by atoms with van der Waals surface area (Å²) >= 11 is 1.01. The Balaban J connectivity index is 1.62. The molecule has 1 heterocycles. The van der Waals surface area contributed by atoms with E-state index in [1.165, 1.54) is 6.07 Å². The summed E-state index contributed by atoms with van der Waals surface area (Å²) in [7, 11) is 0. The average Bonchev–Trinajstić information content (AvgIpc) is 3.00. The third-order valence-electron chi connectivity index (χ3n) is 5.13. The SMILES string of the molecule is Cc1cc(C(F)(F)F)ccc1Oc1ccc2c(c1)CCC[C@H]2c1sc(=O)[nH]c1O. The number of aryl methyl sites for hydroxylation is 2. The molecule has 8 heteroatoms. The standard InChI is InChI=1S/C21H18F3NO3S/c1-11-9-13(21(22,23)24)5-8-17(11)28-14-6-7-15-12(10-14)3-2-4-16(15)18-19(26)25-20(27)29-18/h5-10,16,26H,2-4H2,1H3,(H,25,27)/t16-/m1/s1. The van der Waals surface area contributed by atoms with Crippen LogP contribution in [0.3, 0.4) is 0 Å². The molecule has 2 N–H and O–H groups in total. The minimum absolute atomic E-state index is 0.0652. The highest BCUT2D eigenvalue weighted by molar-refractivity contribution is 7.09. The van der Waals surface area contributed by atoms with Gasteiger partial charge in [-0.15, -0.1) is 0 Å². The first-order valence-electron chi connectivity index (χ1n) is 9.13. The summed E-state index contributed by atoms with van der Waals surface area (Å²) in [6.45, 7) is 1.58. The van der Waals surface area contributed by atoms with Gasteiger partial charge >= 0.3 is 11.0 Å². The van der Waals surface area contributed by atoms with Crippen LogP contribution >= 0.6 is 11.3 Å². The topological polar surface area (TPSA) is 62.3 Å². The highest BCUT2D eigenvalue weighted by Crippen LogP contribution is 2.42. The Morgan fingerprint density at radius 1 is 1.21 bits per heavy atom. The molecule has 0 spiro atoms. The lowest BCUT2D eigenvalue weighted by molar-refractivity contribution is -0.137. The lowest BCUT2D eigenvalue weighted by Gasteiger charge is -2.25. The molecular formula is C21H18F3NO3S. The maximum absolute atomic E-state index is 12.8. The smallest absolute Gasteiger partial charge is 0.416 e. The summed E-state index contributed by atoms with van der Waals surface area (Å²) in [5.74, 6) is 0.758. The molecule has 0 fully saturated rings. The number of aromatic hydroxyl groups is 1. The number of thiazole rings is 1. The molecule has 4 nitrogen and oxygen atoms in total. The molecule has 0 saturated heterocycles. The van der Waals surface area contributed by atoms with Crippen LogP contribution in [0.25, 0.3) is 0 Å². The molecule has 0 saturated carbocycles. The zero-order valence-corrected chi connectivity index (χ0v) is 16.3. The molecule has 2 aromatic carbocycles. The number of aromatic amines is 1. The second kappa shape index (κ2) is 7.26. The highest BCUT2D eigenvalue weighted by atomic mass is 32.1. The van der Waals surface area contributed by atoms with Crippen LogP contribution in [0.15, 0.2) is 41.2 Å². The fraction of sp³-hybridized carbons (Fsp3) is 0.286. The van der Waals surface area contributed by atoms with Crippen LogP contribution < -0.4 is 9.61 Å². The van der Waals surface area contributed by atoms with Gasteiger partial charge in [0.05, 0.1) is 10.4 Å². The van der Waals surface area contributed by atoms with Crippen LogP contribution in [-0.4, -0.2) is 10.1 Å². The van der Waals surface area contributed by atoms with Crippen molar-refractivity contribution in [1.29, 1.82) is 0 Å². The van der Waals surface area contributed by atoms with Gasteiger partial charge in [-0.2, -0.15) is 13.2 Å². The van der Waals surface area contributed by atoms with Gasteiger partial charge in [-0.25, -0.2) is 0 Å². The highest BCUT2D eigenvalue weighted by Gasteiger charge is 2.31. The van der Waals surface area contributed by atoms with E-state index >= 15 is 0 Å². The number of nitrogens with one attached hydrogen (secondary N) is 1. The van der Waals surface area contributed by atoms with Crippen molar-refractivity contribution in [3.8, 4) is 17.4 Å². The second-order valence-corrected chi connectivity index (χ2v) is 8.13. The Morgan fingerprint density at radius 2 is 2.00 bits per heavy atom. The van der Waals surface area contributed by atoms with Crippen molar-refractivity contribution < 1.29 is 23.0 Å². The Kier molecular flexibility index (Phi) is 4.90. The second-order valence-electron chi connectivity index (χ2n) is 7.11. The maximum Gasteiger partial charge on any atom is 0.416 e. The molecule has 29 heavy (non-hydrogen) atoms. The summed E-state index contributed by atoms with van der Waals surface area (Å²) in [6.07, 6.45) is -1.84. The zero-order chi connectivity index (χ0) is 20.8. The molecule has 1 aliphatic rings. The van der Waals surface area contributed by atoms with Crippen molar-refractivity contribution in [2.24, 2.45) is 0 Å². The summed E-state index contributed by atoms with van der Waals surface area (Å²) in [5, 5.41) is 10.0. The first kappa shape index (κ1) is 19.6. The molecule has 0 radical (unpaired) electrons. The van der Waals surface area contributed by atoms with Crippen molar-refractivity contribution >= 4 is 11.3 Å². The number of alkyl halides is 3. The Hall–Kier alpha value is -2.74. The lowest BCUT2D eigenvalue weighted by Crippen LogP contribution is -2.10. The number of rotatable bonds is 3. The largest absolute Gasteiger partial charge is 0.494 e. The number of fused-ring (bicyclic) bond motifs is 1. The Morgan fingerprint density at radius 3 is 2.66 bits per heavy atom. The molecule has 1 atom stereocenters. The van der Waals surface area contributed by atoms with E-state index in [-0.39, 0.29) is 16.7 Å². The predicted octanol–water partition coefficient (Wildman–Crippen LogP) is 5.73. The van der Waals surface area contributed by atoms with Gasteiger partial charge in [0, 0.05) is 5.92 Å². The van der Waals surface area contributed by atoms with Gasteiger partial charge in [-0.05, 0) is 73.2 Å².